The largest absolute Gasteiger partial charge is 0.481 e. The fourth-order valence-electron chi connectivity index (χ4n) is 2.69. The molecule has 134 valence electrons. The lowest BCUT2D eigenvalue weighted by molar-refractivity contribution is -0.137. The zero-order chi connectivity index (χ0) is 18.1. The van der Waals surface area contributed by atoms with Crippen LogP contribution in [0.15, 0.2) is 36.4 Å². The van der Waals surface area contributed by atoms with Crippen molar-refractivity contribution in [3.63, 3.8) is 0 Å². The van der Waals surface area contributed by atoms with Crippen LogP contribution >= 0.6 is 11.3 Å². The molecule has 2 N–H and O–H groups in total. The first-order chi connectivity index (χ1) is 12.0. The molecule has 2 aromatic rings. The summed E-state index contributed by atoms with van der Waals surface area (Å²) in [5, 5.41) is 11.4. The summed E-state index contributed by atoms with van der Waals surface area (Å²) < 4.78 is 0. The van der Waals surface area contributed by atoms with E-state index in [1.807, 2.05) is 23.5 Å². The summed E-state index contributed by atoms with van der Waals surface area (Å²) in [6.07, 6.45) is 6.10. The fourth-order valence-corrected chi connectivity index (χ4v) is 3.79. The van der Waals surface area contributed by atoms with Crippen LogP contribution in [0.2, 0.25) is 0 Å². The van der Waals surface area contributed by atoms with Crippen LogP contribution in [-0.4, -0.2) is 17.0 Å². The fraction of sp³-hybridized carbons (Fsp3) is 0.400. The molecule has 0 saturated carbocycles. The van der Waals surface area contributed by atoms with Crippen LogP contribution in [0.1, 0.15) is 47.9 Å². The van der Waals surface area contributed by atoms with Gasteiger partial charge in [-0.15, -0.1) is 11.3 Å². The molecule has 0 atom stereocenters. The second kappa shape index (κ2) is 9.99. The molecule has 0 fully saturated rings. The molecule has 1 heterocycles. The minimum atomic E-state index is -0.711. The number of hydrogen-bond acceptors (Lipinski definition) is 3. The van der Waals surface area contributed by atoms with Crippen molar-refractivity contribution in [2.24, 2.45) is 0 Å². The van der Waals surface area contributed by atoms with Crippen molar-refractivity contribution in [2.45, 2.75) is 51.9 Å². The van der Waals surface area contributed by atoms with E-state index in [1.165, 1.54) is 22.2 Å². The summed E-state index contributed by atoms with van der Waals surface area (Å²) in [6.45, 7) is 1.51. The molecule has 0 aliphatic heterocycles. The normalized spacial score (nSPS) is 10.6. The number of aliphatic carboxylic acids is 1. The van der Waals surface area contributed by atoms with E-state index < -0.39 is 5.97 Å². The van der Waals surface area contributed by atoms with Gasteiger partial charge in [0.25, 0.3) is 0 Å². The van der Waals surface area contributed by atoms with E-state index in [0.717, 1.165) is 44.2 Å². The quantitative estimate of drug-likeness (QED) is 0.605. The Morgan fingerprint density at radius 2 is 1.56 bits per heavy atom. The lowest BCUT2D eigenvalue weighted by atomic mass is 10.1. The highest BCUT2D eigenvalue weighted by atomic mass is 32.1. The van der Waals surface area contributed by atoms with E-state index in [0.29, 0.717) is 0 Å². The van der Waals surface area contributed by atoms with E-state index in [4.69, 9.17) is 5.11 Å². The van der Waals surface area contributed by atoms with Gasteiger partial charge in [0.1, 0.15) is 0 Å². The van der Waals surface area contributed by atoms with E-state index in [9.17, 15) is 9.59 Å². The molecule has 1 aromatic heterocycles. The number of carboxylic acid groups (broad SMARTS) is 1. The predicted molar refractivity (Wildman–Crippen MR) is 102 cm³/mol. The molecule has 1 aromatic carbocycles. The number of carbonyl (C=O) groups is 2. The standard InChI is InChI=1S/C20H25NO3S/c1-15(22)21-17-11-9-16(10-12-17)5-4-7-19-14-13-18(25-19)6-2-3-8-20(23)24/h9-14H,2-8H2,1H3,(H,21,22)(H,23,24). The van der Waals surface area contributed by atoms with Crippen LogP contribution in [0.3, 0.4) is 0 Å². The van der Waals surface area contributed by atoms with Gasteiger partial charge in [0.15, 0.2) is 0 Å². The van der Waals surface area contributed by atoms with Gasteiger partial charge in [0, 0.05) is 28.8 Å². The summed E-state index contributed by atoms with van der Waals surface area (Å²) in [4.78, 5) is 24.2. The maximum Gasteiger partial charge on any atom is 0.303 e. The number of amides is 1. The van der Waals surface area contributed by atoms with E-state index in [2.05, 4.69) is 29.6 Å². The number of carboxylic acids is 1. The first kappa shape index (κ1) is 19.2. The molecular formula is C20H25NO3S. The summed E-state index contributed by atoms with van der Waals surface area (Å²) in [6, 6.07) is 12.4. The summed E-state index contributed by atoms with van der Waals surface area (Å²) in [5.41, 5.74) is 2.11. The lowest BCUT2D eigenvalue weighted by Crippen LogP contribution is -2.05. The lowest BCUT2D eigenvalue weighted by Gasteiger charge is -2.04. The maximum atomic E-state index is 11.0. The number of aryl methyl sites for hydroxylation is 3. The van der Waals surface area contributed by atoms with Gasteiger partial charge >= 0.3 is 5.97 Å². The van der Waals surface area contributed by atoms with Crippen molar-refractivity contribution >= 4 is 28.9 Å². The number of unbranched alkanes of at least 4 members (excludes halogenated alkanes) is 1. The molecule has 0 spiro atoms. The Labute approximate surface area is 152 Å². The topological polar surface area (TPSA) is 66.4 Å². The van der Waals surface area contributed by atoms with Crippen molar-refractivity contribution in [3.8, 4) is 0 Å². The average molecular weight is 359 g/mol. The Morgan fingerprint density at radius 3 is 2.16 bits per heavy atom. The number of thiophene rings is 1. The van der Waals surface area contributed by atoms with Crippen molar-refractivity contribution in [1.82, 2.24) is 0 Å². The van der Waals surface area contributed by atoms with Crippen molar-refractivity contribution in [1.29, 1.82) is 0 Å². The van der Waals surface area contributed by atoms with Crippen LogP contribution < -0.4 is 5.32 Å². The SMILES string of the molecule is CC(=O)Nc1ccc(CCCc2ccc(CCCCC(=O)O)s2)cc1. The van der Waals surface area contributed by atoms with Gasteiger partial charge in [-0.05, 0) is 68.4 Å². The van der Waals surface area contributed by atoms with E-state index in [-0.39, 0.29) is 12.3 Å². The second-order valence-electron chi connectivity index (χ2n) is 6.20. The third-order valence-electron chi connectivity index (χ3n) is 3.94. The zero-order valence-electron chi connectivity index (χ0n) is 14.6. The van der Waals surface area contributed by atoms with Crippen LogP contribution in [0.25, 0.3) is 0 Å². The predicted octanol–water partition coefficient (Wildman–Crippen LogP) is 4.68. The van der Waals surface area contributed by atoms with Gasteiger partial charge < -0.3 is 10.4 Å². The van der Waals surface area contributed by atoms with Gasteiger partial charge in [-0.1, -0.05) is 12.1 Å². The summed E-state index contributed by atoms with van der Waals surface area (Å²) in [5.74, 6) is -0.763. The smallest absolute Gasteiger partial charge is 0.303 e. The molecule has 0 aliphatic rings. The highest BCUT2D eigenvalue weighted by Crippen LogP contribution is 2.21. The molecule has 1 amide bonds. The average Bonchev–Trinajstić information content (AvgIpc) is 3.00. The Balaban J connectivity index is 1.69. The van der Waals surface area contributed by atoms with Gasteiger partial charge in [0.05, 0.1) is 0 Å². The Hall–Kier alpha value is -2.14. The minimum Gasteiger partial charge on any atom is -0.481 e. The van der Waals surface area contributed by atoms with Gasteiger partial charge in [-0.25, -0.2) is 0 Å². The molecule has 2 rings (SSSR count). The van der Waals surface area contributed by atoms with Crippen LogP contribution in [0.5, 0.6) is 0 Å². The number of benzene rings is 1. The van der Waals surface area contributed by atoms with Gasteiger partial charge in [-0.3, -0.25) is 9.59 Å². The third kappa shape index (κ3) is 7.52. The maximum absolute atomic E-state index is 11.0. The van der Waals surface area contributed by atoms with Crippen LogP contribution in [0, 0.1) is 0 Å². The molecule has 25 heavy (non-hydrogen) atoms. The number of hydrogen-bond donors (Lipinski definition) is 2. The first-order valence-corrected chi connectivity index (χ1v) is 9.50. The van der Waals surface area contributed by atoms with Gasteiger partial charge in [0.2, 0.25) is 5.91 Å². The summed E-state index contributed by atoms with van der Waals surface area (Å²) in [7, 11) is 0. The number of anilines is 1. The minimum absolute atomic E-state index is 0.0517. The molecule has 0 radical (unpaired) electrons. The second-order valence-corrected chi connectivity index (χ2v) is 7.45. The van der Waals surface area contributed by atoms with E-state index in [1.54, 1.807) is 0 Å². The van der Waals surface area contributed by atoms with Crippen molar-refractivity contribution in [3.05, 3.63) is 51.7 Å². The van der Waals surface area contributed by atoms with Crippen molar-refractivity contribution < 1.29 is 14.7 Å². The van der Waals surface area contributed by atoms with Gasteiger partial charge in [-0.2, -0.15) is 0 Å². The first-order valence-electron chi connectivity index (χ1n) is 8.69. The molecule has 0 aliphatic carbocycles. The number of rotatable bonds is 10. The monoisotopic (exact) mass is 359 g/mol. The number of carbonyl (C=O) groups excluding carboxylic acids is 1. The molecule has 0 saturated heterocycles. The molecular weight excluding hydrogens is 334 g/mol. The molecule has 0 bridgehead atoms. The van der Waals surface area contributed by atoms with Crippen LogP contribution in [-0.2, 0) is 28.9 Å². The van der Waals surface area contributed by atoms with E-state index >= 15 is 0 Å². The highest BCUT2D eigenvalue weighted by molar-refractivity contribution is 7.11. The third-order valence-corrected chi connectivity index (χ3v) is 5.15. The molecule has 0 unspecified atom stereocenters. The highest BCUT2D eigenvalue weighted by Gasteiger charge is 2.03. The Bertz CT molecular complexity index is 691. The number of nitrogens with one attached hydrogen (secondary N) is 1. The van der Waals surface area contributed by atoms with Crippen molar-refractivity contribution in [2.75, 3.05) is 5.32 Å². The molecule has 5 heteroatoms. The van der Waals surface area contributed by atoms with Crippen LogP contribution in [0.4, 0.5) is 5.69 Å². The summed E-state index contributed by atoms with van der Waals surface area (Å²) >= 11 is 1.84. The molecule has 4 nitrogen and oxygen atoms in total. The Morgan fingerprint density at radius 1 is 0.920 bits per heavy atom. The zero-order valence-corrected chi connectivity index (χ0v) is 15.4. The Kier molecular flexibility index (Phi) is 7.67.